The van der Waals surface area contributed by atoms with E-state index < -0.39 is 12.4 Å². The van der Waals surface area contributed by atoms with Crippen molar-refractivity contribution in [2.24, 2.45) is 0 Å². The maximum atomic E-state index is 14.7. The van der Waals surface area contributed by atoms with Gasteiger partial charge < -0.3 is 35.6 Å². The van der Waals surface area contributed by atoms with Gasteiger partial charge in [0.25, 0.3) is 0 Å². The van der Waals surface area contributed by atoms with Gasteiger partial charge in [-0.25, -0.2) is 14.2 Å². The normalized spacial score (nSPS) is 19.1. The summed E-state index contributed by atoms with van der Waals surface area (Å²) in [7, 11) is 0. The number of halogens is 3. The number of nitrogens with zero attached hydrogens (tertiary/aromatic N) is 3. The third-order valence-electron chi connectivity index (χ3n) is 7.04. The van der Waals surface area contributed by atoms with E-state index in [0.717, 1.165) is 19.0 Å². The fourth-order valence-corrected chi connectivity index (χ4v) is 5.77. The van der Waals surface area contributed by atoms with Crippen molar-refractivity contribution in [2.75, 3.05) is 30.3 Å². The molecule has 2 aliphatic heterocycles. The van der Waals surface area contributed by atoms with E-state index in [1.54, 1.807) is 11.0 Å². The second-order valence-corrected chi connectivity index (χ2v) is 11.8. The maximum Gasteiger partial charge on any atom is 0.387 e. The van der Waals surface area contributed by atoms with Gasteiger partial charge in [0.2, 0.25) is 5.95 Å². The highest BCUT2D eigenvalue weighted by atomic mass is 19.3. The minimum Gasteiger partial charge on any atom is -0.486 e. The molecule has 3 heterocycles. The van der Waals surface area contributed by atoms with Crippen LogP contribution < -0.4 is 30.7 Å². The van der Waals surface area contributed by atoms with Crippen LogP contribution in [0.3, 0.4) is 0 Å². The van der Waals surface area contributed by atoms with E-state index in [1.807, 2.05) is 6.92 Å². The topological polar surface area (TPSA) is 113 Å². The first-order chi connectivity index (χ1) is 19.3. The third-order valence-corrected chi connectivity index (χ3v) is 7.04. The summed E-state index contributed by atoms with van der Waals surface area (Å²) in [5.74, 6) is -0.435. The highest BCUT2D eigenvalue weighted by Crippen LogP contribution is 2.35. The zero-order chi connectivity index (χ0) is 29.8. The van der Waals surface area contributed by atoms with E-state index >= 15 is 0 Å². The number of carbonyl (C=O) groups excluding carboxylic acids is 1. The van der Waals surface area contributed by atoms with Gasteiger partial charge in [-0.3, -0.25) is 0 Å². The number of carbonyl (C=O) groups is 1. The number of aromatic nitrogens is 2. The van der Waals surface area contributed by atoms with E-state index in [2.05, 4.69) is 58.9 Å². The molecule has 0 saturated carbocycles. The lowest BCUT2D eigenvalue weighted by molar-refractivity contribution is -0.0524. The summed E-state index contributed by atoms with van der Waals surface area (Å²) in [5, 5.41) is 12.5. The van der Waals surface area contributed by atoms with Crippen molar-refractivity contribution >= 4 is 23.5 Å². The zero-order valence-electron chi connectivity index (χ0n) is 24.2. The van der Waals surface area contributed by atoms with Crippen LogP contribution in [0.4, 0.5) is 35.4 Å². The molecule has 0 bridgehead atoms. The maximum absolute atomic E-state index is 14.7. The van der Waals surface area contributed by atoms with Crippen LogP contribution in [0.15, 0.2) is 24.4 Å². The van der Waals surface area contributed by atoms with Gasteiger partial charge in [0.15, 0.2) is 23.1 Å². The number of hydrogen-bond donors (Lipinski definition) is 4. The number of amides is 2. The molecule has 226 valence electrons. The standard InChI is InChI=1S/C28H40F3N7O3/c1-6-32-26(39)38-11-9-19(10-12-38)40-21-8-7-17(13-22(21)41-24(30)31)35-25-33-16-20(29)23(36-25)34-18-14-27(2,3)37-28(4,5)15-18/h7-8,13,16,18-19,24,37H,6,9-12,14-15H2,1-5H3,(H,32,39)(H2,33,34,35,36). The molecule has 2 aromatic rings. The molecular formula is C28H40F3N7O3. The molecule has 41 heavy (non-hydrogen) atoms. The molecule has 0 aliphatic carbocycles. The average Bonchev–Trinajstić information content (AvgIpc) is 2.86. The van der Waals surface area contributed by atoms with Gasteiger partial charge in [-0.2, -0.15) is 13.8 Å². The Bertz CT molecular complexity index is 1190. The van der Waals surface area contributed by atoms with Crippen LogP contribution in [-0.2, 0) is 0 Å². The summed E-state index contributed by atoms with van der Waals surface area (Å²) in [6, 6.07) is 4.36. The Kier molecular flexibility index (Phi) is 9.35. The number of nitrogens with one attached hydrogen (secondary N) is 4. The molecule has 4 N–H and O–H groups in total. The van der Waals surface area contributed by atoms with Crippen molar-refractivity contribution < 1.29 is 27.4 Å². The summed E-state index contributed by atoms with van der Waals surface area (Å²) in [5.41, 5.74) is 0.0753. The first-order valence-corrected chi connectivity index (χ1v) is 14.0. The van der Waals surface area contributed by atoms with Crippen molar-refractivity contribution in [2.45, 2.75) is 90.1 Å². The van der Waals surface area contributed by atoms with Gasteiger partial charge in [-0.15, -0.1) is 0 Å². The lowest BCUT2D eigenvalue weighted by atomic mass is 9.79. The van der Waals surface area contributed by atoms with Crippen molar-refractivity contribution in [3.8, 4) is 11.5 Å². The van der Waals surface area contributed by atoms with Gasteiger partial charge in [0.05, 0.1) is 6.20 Å². The van der Waals surface area contributed by atoms with Gasteiger partial charge in [0, 0.05) is 61.3 Å². The van der Waals surface area contributed by atoms with E-state index in [1.165, 1.54) is 12.1 Å². The number of likely N-dealkylation sites (tertiary alicyclic amines) is 1. The molecule has 2 aliphatic rings. The Morgan fingerprint density at radius 2 is 1.83 bits per heavy atom. The van der Waals surface area contributed by atoms with E-state index in [9.17, 15) is 18.0 Å². The summed E-state index contributed by atoms with van der Waals surface area (Å²) in [6.45, 7) is 8.73. The van der Waals surface area contributed by atoms with Crippen LogP contribution in [0.25, 0.3) is 0 Å². The van der Waals surface area contributed by atoms with Crippen LogP contribution in [-0.4, -0.2) is 70.4 Å². The number of hydrogen-bond acceptors (Lipinski definition) is 8. The summed E-state index contributed by atoms with van der Waals surface area (Å²) < 4.78 is 51.9. The molecular weight excluding hydrogens is 539 g/mol. The van der Waals surface area contributed by atoms with E-state index in [-0.39, 0.29) is 52.5 Å². The molecule has 0 spiro atoms. The molecule has 2 fully saturated rings. The highest BCUT2D eigenvalue weighted by Gasteiger charge is 2.38. The van der Waals surface area contributed by atoms with Gasteiger partial charge in [0.1, 0.15) is 6.10 Å². The Labute approximate surface area is 238 Å². The van der Waals surface area contributed by atoms with Crippen LogP contribution >= 0.6 is 0 Å². The molecule has 0 unspecified atom stereocenters. The van der Waals surface area contributed by atoms with E-state index in [4.69, 9.17) is 9.47 Å². The minimum atomic E-state index is -3.07. The molecule has 13 heteroatoms. The third kappa shape index (κ3) is 8.51. The molecule has 4 rings (SSSR count). The predicted octanol–water partition coefficient (Wildman–Crippen LogP) is 5.25. The lowest BCUT2D eigenvalue weighted by Gasteiger charge is -2.46. The molecule has 2 saturated heterocycles. The monoisotopic (exact) mass is 579 g/mol. The van der Waals surface area contributed by atoms with Crippen LogP contribution in [0.5, 0.6) is 11.5 Å². The van der Waals surface area contributed by atoms with E-state index in [0.29, 0.717) is 38.2 Å². The Hall–Kier alpha value is -3.48. The minimum absolute atomic E-state index is 0.0196. The number of anilines is 3. The Morgan fingerprint density at radius 1 is 1.15 bits per heavy atom. The number of benzene rings is 1. The number of alkyl halides is 2. The van der Waals surface area contributed by atoms with Crippen LogP contribution in [0, 0.1) is 5.82 Å². The summed E-state index contributed by atoms with van der Waals surface area (Å²) in [4.78, 5) is 22.1. The smallest absolute Gasteiger partial charge is 0.387 e. The first-order valence-electron chi connectivity index (χ1n) is 14.0. The first kappa shape index (κ1) is 30.5. The second-order valence-electron chi connectivity index (χ2n) is 11.8. The fourth-order valence-electron chi connectivity index (χ4n) is 5.77. The molecule has 1 aromatic heterocycles. The van der Waals surface area contributed by atoms with Crippen molar-refractivity contribution in [1.82, 2.24) is 25.5 Å². The lowest BCUT2D eigenvalue weighted by Crippen LogP contribution is -2.60. The quantitative estimate of drug-likeness (QED) is 0.319. The number of urea groups is 1. The van der Waals surface area contributed by atoms with Gasteiger partial charge in [-0.05, 0) is 59.6 Å². The average molecular weight is 580 g/mol. The van der Waals surface area contributed by atoms with Crippen LogP contribution in [0.2, 0.25) is 0 Å². The summed E-state index contributed by atoms with van der Waals surface area (Å²) in [6.07, 6.45) is 3.44. The largest absolute Gasteiger partial charge is 0.486 e. The molecule has 1 aromatic carbocycles. The molecule has 0 radical (unpaired) electrons. The number of ether oxygens (including phenoxy) is 2. The number of piperidine rings is 2. The van der Waals surface area contributed by atoms with Crippen molar-refractivity contribution in [1.29, 1.82) is 0 Å². The van der Waals surface area contributed by atoms with Crippen molar-refractivity contribution in [3.05, 3.63) is 30.2 Å². The number of rotatable bonds is 9. The molecule has 2 amide bonds. The van der Waals surface area contributed by atoms with Gasteiger partial charge >= 0.3 is 12.6 Å². The fraction of sp³-hybridized carbons (Fsp3) is 0.607. The molecule has 10 nitrogen and oxygen atoms in total. The zero-order valence-corrected chi connectivity index (χ0v) is 24.2. The highest BCUT2D eigenvalue weighted by molar-refractivity contribution is 5.74. The van der Waals surface area contributed by atoms with Crippen LogP contribution in [0.1, 0.15) is 60.3 Å². The second kappa shape index (κ2) is 12.6. The SMILES string of the molecule is CCNC(=O)N1CCC(Oc2ccc(Nc3ncc(F)c(NC4CC(C)(C)NC(C)(C)C4)n3)cc2OC(F)F)CC1. The Balaban J connectivity index is 1.44. The van der Waals surface area contributed by atoms with Crippen molar-refractivity contribution in [3.63, 3.8) is 0 Å². The van der Waals surface area contributed by atoms with Gasteiger partial charge in [-0.1, -0.05) is 0 Å². The predicted molar refractivity (Wildman–Crippen MR) is 151 cm³/mol. The molecule has 0 atom stereocenters. The summed E-state index contributed by atoms with van der Waals surface area (Å²) >= 11 is 0. The Morgan fingerprint density at radius 3 is 2.46 bits per heavy atom.